The van der Waals surface area contributed by atoms with Gasteiger partial charge in [0.05, 0.1) is 5.69 Å². The van der Waals surface area contributed by atoms with Crippen LogP contribution in [0.3, 0.4) is 0 Å². The van der Waals surface area contributed by atoms with Crippen LogP contribution >= 0.6 is 0 Å². The van der Waals surface area contributed by atoms with Crippen molar-refractivity contribution in [2.45, 2.75) is 71.4 Å². The first kappa shape index (κ1) is 12.5. The quantitative estimate of drug-likeness (QED) is 0.861. The molecule has 1 N–H and O–H groups in total. The highest BCUT2D eigenvalue weighted by Gasteiger charge is 2.28. The van der Waals surface area contributed by atoms with Crippen LogP contribution in [0.1, 0.15) is 64.6 Å². The minimum Gasteiger partial charge on any atom is -0.350 e. The Bertz CT molecular complexity index is 373. The largest absolute Gasteiger partial charge is 0.350 e. The molecular formula is C14H25N3. The third-order valence-electron chi connectivity index (χ3n) is 3.78. The van der Waals surface area contributed by atoms with Gasteiger partial charge in [0, 0.05) is 17.8 Å². The van der Waals surface area contributed by atoms with Gasteiger partial charge in [-0.2, -0.15) is 0 Å². The Morgan fingerprint density at radius 3 is 2.53 bits per heavy atom. The second-order valence-electron chi connectivity index (χ2n) is 5.95. The Labute approximate surface area is 105 Å². The van der Waals surface area contributed by atoms with Crippen molar-refractivity contribution in [2.24, 2.45) is 0 Å². The van der Waals surface area contributed by atoms with E-state index in [4.69, 9.17) is 0 Å². The highest BCUT2D eigenvalue weighted by Crippen LogP contribution is 2.31. The Hall–Kier alpha value is -0.990. The Morgan fingerprint density at radius 1 is 1.29 bits per heavy atom. The van der Waals surface area contributed by atoms with Crippen LogP contribution in [0.4, 0.5) is 5.95 Å². The summed E-state index contributed by atoms with van der Waals surface area (Å²) in [5, 5.41) is 3.68. The highest BCUT2D eigenvalue weighted by atomic mass is 15.2. The maximum absolute atomic E-state index is 4.62. The van der Waals surface area contributed by atoms with Gasteiger partial charge in [0.1, 0.15) is 0 Å². The zero-order chi connectivity index (χ0) is 12.5. The van der Waals surface area contributed by atoms with E-state index in [1.54, 1.807) is 0 Å². The Kier molecular flexibility index (Phi) is 3.45. The van der Waals surface area contributed by atoms with E-state index >= 15 is 0 Å². The summed E-state index contributed by atoms with van der Waals surface area (Å²) < 4.78 is 2.25. The first-order valence-electron chi connectivity index (χ1n) is 6.84. The van der Waals surface area contributed by atoms with Crippen molar-refractivity contribution in [1.82, 2.24) is 9.55 Å². The fourth-order valence-corrected chi connectivity index (χ4v) is 2.73. The molecule has 0 radical (unpaired) electrons. The topological polar surface area (TPSA) is 29.9 Å². The molecule has 0 saturated heterocycles. The third-order valence-corrected chi connectivity index (χ3v) is 3.78. The van der Waals surface area contributed by atoms with Crippen molar-refractivity contribution in [3.05, 3.63) is 11.9 Å². The molecule has 3 nitrogen and oxygen atoms in total. The summed E-state index contributed by atoms with van der Waals surface area (Å²) in [6.45, 7) is 8.80. The van der Waals surface area contributed by atoms with Gasteiger partial charge in [-0.1, -0.05) is 19.3 Å². The van der Waals surface area contributed by atoms with Gasteiger partial charge in [-0.3, -0.25) is 0 Å². The summed E-state index contributed by atoms with van der Waals surface area (Å²) in [5.74, 6) is 1.04. The molecule has 1 heterocycles. The van der Waals surface area contributed by atoms with Crippen molar-refractivity contribution in [1.29, 1.82) is 0 Å². The lowest BCUT2D eigenvalue weighted by Crippen LogP contribution is -2.37. The molecule has 3 heteroatoms. The van der Waals surface area contributed by atoms with Crippen molar-refractivity contribution in [3.63, 3.8) is 0 Å². The summed E-state index contributed by atoms with van der Waals surface area (Å²) in [6.07, 6.45) is 8.72. The minimum atomic E-state index is 0.239. The summed E-state index contributed by atoms with van der Waals surface area (Å²) in [7, 11) is 0. The van der Waals surface area contributed by atoms with Gasteiger partial charge in [-0.15, -0.1) is 0 Å². The number of nitrogens with zero attached hydrogens (tertiary/aromatic N) is 2. The van der Waals surface area contributed by atoms with Crippen molar-refractivity contribution in [3.8, 4) is 0 Å². The number of anilines is 1. The van der Waals surface area contributed by atoms with Gasteiger partial charge in [-0.05, 0) is 40.5 Å². The molecule has 0 atom stereocenters. The van der Waals surface area contributed by atoms with E-state index in [0.29, 0.717) is 6.04 Å². The van der Waals surface area contributed by atoms with Gasteiger partial charge < -0.3 is 9.88 Å². The molecule has 1 aromatic rings. The van der Waals surface area contributed by atoms with Crippen LogP contribution in [-0.4, -0.2) is 15.1 Å². The standard InChI is InChI=1S/C14H25N3/c1-11(2)17-10-12(3)15-13(17)16-14(4)8-6-5-7-9-14/h10-11H,5-9H2,1-4H3,(H,15,16). The summed E-state index contributed by atoms with van der Waals surface area (Å²) in [5.41, 5.74) is 1.34. The molecule has 1 aliphatic rings. The van der Waals surface area contributed by atoms with Gasteiger partial charge in [0.25, 0.3) is 0 Å². The Morgan fingerprint density at radius 2 is 1.94 bits per heavy atom. The fraction of sp³-hybridized carbons (Fsp3) is 0.786. The predicted molar refractivity (Wildman–Crippen MR) is 72.5 cm³/mol. The molecule has 1 fully saturated rings. The second-order valence-corrected chi connectivity index (χ2v) is 5.95. The van der Waals surface area contributed by atoms with Gasteiger partial charge in [0.15, 0.2) is 0 Å². The van der Waals surface area contributed by atoms with Crippen LogP contribution in [0, 0.1) is 6.92 Å². The monoisotopic (exact) mass is 235 g/mol. The van der Waals surface area contributed by atoms with Crippen LogP contribution in [0.5, 0.6) is 0 Å². The number of hydrogen-bond acceptors (Lipinski definition) is 2. The Balaban J connectivity index is 2.17. The molecule has 2 rings (SSSR count). The molecule has 0 amide bonds. The lowest BCUT2D eigenvalue weighted by Gasteiger charge is -2.35. The van der Waals surface area contributed by atoms with Crippen LogP contribution < -0.4 is 5.32 Å². The van der Waals surface area contributed by atoms with Crippen LogP contribution in [-0.2, 0) is 0 Å². The van der Waals surface area contributed by atoms with E-state index in [9.17, 15) is 0 Å². The predicted octanol–water partition coefficient (Wildman–Crippen LogP) is 3.91. The SMILES string of the molecule is Cc1cn(C(C)C)c(NC2(C)CCCCC2)n1. The molecule has 96 valence electrons. The lowest BCUT2D eigenvalue weighted by molar-refractivity contribution is 0.345. The molecule has 0 spiro atoms. The average Bonchev–Trinajstić information content (AvgIpc) is 2.59. The molecule has 0 aliphatic heterocycles. The number of aromatic nitrogens is 2. The fourth-order valence-electron chi connectivity index (χ4n) is 2.73. The van der Waals surface area contributed by atoms with E-state index in [2.05, 4.69) is 48.8 Å². The average molecular weight is 235 g/mol. The molecular weight excluding hydrogens is 210 g/mol. The number of imidazole rings is 1. The maximum atomic E-state index is 4.62. The van der Waals surface area contributed by atoms with E-state index in [1.165, 1.54) is 32.1 Å². The molecule has 1 saturated carbocycles. The third kappa shape index (κ3) is 2.82. The number of rotatable bonds is 3. The first-order valence-corrected chi connectivity index (χ1v) is 6.84. The zero-order valence-electron chi connectivity index (χ0n) is 11.6. The van der Waals surface area contributed by atoms with Gasteiger partial charge in [0.2, 0.25) is 5.95 Å². The number of nitrogens with one attached hydrogen (secondary N) is 1. The van der Waals surface area contributed by atoms with Crippen LogP contribution in [0.25, 0.3) is 0 Å². The summed E-state index contributed by atoms with van der Waals surface area (Å²) in [6, 6.07) is 0.464. The van der Waals surface area contributed by atoms with Crippen LogP contribution in [0.15, 0.2) is 6.20 Å². The molecule has 0 unspecified atom stereocenters. The van der Waals surface area contributed by atoms with E-state index in [-0.39, 0.29) is 5.54 Å². The zero-order valence-corrected chi connectivity index (χ0v) is 11.6. The van der Waals surface area contributed by atoms with Crippen LogP contribution in [0.2, 0.25) is 0 Å². The molecule has 1 aromatic heterocycles. The normalized spacial score (nSPS) is 19.6. The smallest absolute Gasteiger partial charge is 0.203 e. The van der Waals surface area contributed by atoms with Gasteiger partial charge >= 0.3 is 0 Å². The summed E-state index contributed by atoms with van der Waals surface area (Å²) in [4.78, 5) is 4.62. The molecule has 17 heavy (non-hydrogen) atoms. The van der Waals surface area contributed by atoms with E-state index < -0.39 is 0 Å². The van der Waals surface area contributed by atoms with Gasteiger partial charge in [-0.25, -0.2) is 4.98 Å². The highest BCUT2D eigenvalue weighted by molar-refractivity contribution is 5.33. The lowest BCUT2D eigenvalue weighted by atomic mass is 9.83. The van der Waals surface area contributed by atoms with Crippen molar-refractivity contribution < 1.29 is 0 Å². The second kappa shape index (κ2) is 4.71. The van der Waals surface area contributed by atoms with Crippen molar-refractivity contribution >= 4 is 5.95 Å². The maximum Gasteiger partial charge on any atom is 0.203 e. The minimum absolute atomic E-state index is 0.239. The summed E-state index contributed by atoms with van der Waals surface area (Å²) >= 11 is 0. The number of aryl methyl sites for hydroxylation is 1. The first-order chi connectivity index (χ1) is 8.00. The van der Waals surface area contributed by atoms with E-state index in [0.717, 1.165) is 11.6 Å². The number of hydrogen-bond donors (Lipinski definition) is 1. The molecule has 0 aromatic carbocycles. The van der Waals surface area contributed by atoms with E-state index in [1.807, 2.05) is 0 Å². The van der Waals surface area contributed by atoms with Crippen molar-refractivity contribution in [2.75, 3.05) is 5.32 Å². The molecule has 1 aliphatic carbocycles. The molecule has 0 bridgehead atoms.